The number of rotatable bonds is 30. The molecule has 0 aliphatic rings. The Kier molecular flexibility index (Phi) is 28.5. The van der Waals surface area contributed by atoms with Gasteiger partial charge in [-0.05, 0) is 79.0 Å². The van der Waals surface area contributed by atoms with Crippen molar-refractivity contribution in [3.05, 3.63) is 96.1 Å². The number of unbranched alkanes of at least 4 members (excludes halogenated alkanes) is 20. The summed E-state index contributed by atoms with van der Waals surface area (Å²) < 4.78 is 78.3. The molecule has 0 heterocycles. The van der Waals surface area contributed by atoms with Crippen molar-refractivity contribution in [2.24, 2.45) is 0 Å². The third kappa shape index (κ3) is 22.3. The Morgan fingerprint density at radius 3 is 1.17 bits per heavy atom. The average Bonchev–Trinajstić information content (AvgIpc) is 3.24. The van der Waals surface area contributed by atoms with Crippen molar-refractivity contribution in [3.8, 4) is 34.5 Å². The van der Waals surface area contributed by atoms with E-state index in [2.05, 4.69) is 13.8 Å². The van der Waals surface area contributed by atoms with Gasteiger partial charge >= 0.3 is 37.7 Å². The van der Waals surface area contributed by atoms with Crippen molar-refractivity contribution in [1.82, 2.24) is 0 Å². The molecular weight excluding hydrogens is 865 g/mol. The maximum atomic E-state index is 12.6. The summed E-state index contributed by atoms with van der Waals surface area (Å²) in [6.07, 6.45) is 28.4. The molecule has 0 unspecified atom stereocenters. The number of phenols is 1. The molecule has 0 aliphatic carbocycles. The largest absolute Gasteiger partial charge is 2.00 e. The number of benzene rings is 4. The van der Waals surface area contributed by atoms with Crippen LogP contribution in [0.2, 0.25) is 0 Å². The Balaban J connectivity index is 0.000000427. The SMILES string of the molecule is CCCCCCCCCCCCCc1ccc(S(=O)(=O)O)c(O)c1Oc1ccccc1.CCCCCCCCCCCCCc1ccc(S(=O)(=O)[O-])c([O-])c1Oc1ccccc1.[Ca+2]. The van der Waals surface area contributed by atoms with Crippen molar-refractivity contribution in [2.45, 2.75) is 178 Å². The molecular formula is C50H70CaO10S2. The second-order valence-corrected chi connectivity index (χ2v) is 18.9. The Morgan fingerprint density at radius 2 is 0.810 bits per heavy atom. The standard InChI is InChI=1S/2C25H36O5S.Ca/c2*1-2-3-4-5-6-7-8-9-10-11-13-16-21-19-20-23(31(27,28)29)24(26)25(21)30-22-17-14-12-15-18-22;/h2*12,14-15,17-20,26H,2-11,13,16H2,1H3,(H,27,28,29);/q;;+2/p-2. The Bertz CT molecular complexity index is 1910. The predicted molar refractivity (Wildman–Crippen MR) is 251 cm³/mol. The van der Waals surface area contributed by atoms with Gasteiger partial charge in [-0.1, -0.05) is 191 Å². The molecule has 0 saturated heterocycles. The van der Waals surface area contributed by atoms with E-state index >= 15 is 0 Å². The van der Waals surface area contributed by atoms with Crippen molar-refractivity contribution < 1.29 is 45.6 Å². The van der Waals surface area contributed by atoms with Crippen LogP contribution in [0.3, 0.4) is 0 Å². The number of aromatic hydroxyl groups is 1. The first-order chi connectivity index (χ1) is 29.9. The topological polar surface area (TPSA) is 173 Å². The quantitative estimate of drug-likeness (QED) is 0.0291. The summed E-state index contributed by atoms with van der Waals surface area (Å²) >= 11 is 0. The predicted octanol–water partition coefficient (Wildman–Crippen LogP) is 13.2. The Labute approximate surface area is 408 Å². The molecule has 4 aromatic carbocycles. The molecule has 4 aromatic rings. The van der Waals surface area contributed by atoms with Crippen LogP contribution in [-0.4, -0.2) is 68.8 Å². The number of hydrogen-bond acceptors (Lipinski definition) is 9. The average molecular weight is 935 g/mol. The van der Waals surface area contributed by atoms with Crippen LogP contribution >= 0.6 is 0 Å². The van der Waals surface area contributed by atoms with Gasteiger partial charge in [-0.25, -0.2) is 8.42 Å². The third-order valence-electron chi connectivity index (χ3n) is 10.9. The molecule has 13 heteroatoms. The second kappa shape index (κ2) is 31.9. The third-order valence-corrected chi connectivity index (χ3v) is 12.7. The molecule has 344 valence electrons. The van der Waals surface area contributed by atoms with Gasteiger partial charge in [0.25, 0.3) is 10.1 Å². The molecule has 0 aliphatic heterocycles. The maximum absolute atomic E-state index is 12.6. The first kappa shape index (κ1) is 56.3. The van der Waals surface area contributed by atoms with Gasteiger partial charge in [-0.2, -0.15) is 8.42 Å². The number of ether oxygens (including phenoxy) is 2. The molecule has 0 bridgehead atoms. The second-order valence-electron chi connectivity index (χ2n) is 16.1. The van der Waals surface area contributed by atoms with E-state index < -0.39 is 41.5 Å². The van der Waals surface area contributed by atoms with Gasteiger partial charge in [0.05, 0.1) is 4.90 Å². The van der Waals surface area contributed by atoms with Gasteiger partial charge < -0.3 is 24.2 Å². The fourth-order valence-corrected chi connectivity index (χ4v) is 8.51. The molecule has 0 atom stereocenters. The fourth-order valence-electron chi connectivity index (χ4n) is 7.38. The Hall–Kier alpha value is -2.84. The van der Waals surface area contributed by atoms with Crippen molar-refractivity contribution in [2.75, 3.05) is 0 Å². The van der Waals surface area contributed by atoms with Crippen LogP contribution in [0.4, 0.5) is 0 Å². The van der Waals surface area contributed by atoms with Crippen molar-refractivity contribution in [1.29, 1.82) is 0 Å². The van der Waals surface area contributed by atoms with Crippen LogP contribution < -0.4 is 14.6 Å². The summed E-state index contributed by atoms with van der Waals surface area (Å²) in [5.41, 5.74) is 1.36. The van der Waals surface area contributed by atoms with Crippen LogP contribution in [0.1, 0.15) is 166 Å². The van der Waals surface area contributed by atoms with Crippen molar-refractivity contribution in [3.63, 3.8) is 0 Å². The molecule has 4 rings (SSSR count). The Morgan fingerprint density at radius 1 is 0.476 bits per heavy atom. The molecule has 2 N–H and O–H groups in total. The van der Waals surface area contributed by atoms with Crippen LogP contribution in [0.5, 0.6) is 34.5 Å². The van der Waals surface area contributed by atoms with E-state index in [1.807, 2.05) is 12.1 Å². The zero-order valence-corrected chi connectivity index (χ0v) is 41.6. The van der Waals surface area contributed by atoms with Crippen LogP contribution in [0.25, 0.3) is 0 Å². The van der Waals surface area contributed by atoms with E-state index in [0.717, 1.165) is 43.7 Å². The van der Waals surface area contributed by atoms with Gasteiger partial charge in [0.15, 0.2) is 11.5 Å². The summed E-state index contributed by atoms with van der Waals surface area (Å²) in [4.78, 5) is -1.30. The van der Waals surface area contributed by atoms with E-state index in [-0.39, 0.29) is 49.2 Å². The number of hydrogen-bond donors (Lipinski definition) is 2. The molecule has 0 amide bonds. The summed E-state index contributed by atoms with van der Waals surface area (Å²) in [6.45, 7) is 4.47. The van der Waals surface area contributed by atoms with Gasteiger partial charge in [-0.15, -0.1) is 0 Å². The first-order valence-electron chi connectivity index (χ1n) is 22.9. The molecule has 63 heavy (non-hydrogen) atoms. The van der Waals surface area contributed by atoms with Crippen LogP contribution in [0.15, 0.2) is 94.7 Å². The van der Waals surface area contributed by atoms with Crippen LogP contribution in [0, 0.1) is 0 Å². The first-order valence-corrected chi connectivity index (χ1v) is 25.8. The van der Waals surface area contributed by atoms with Gasteiger partial charge in [0, 0.05) is 0 Å². The van der Waals surface area contributed by atoms with Crippen molar-refractivity contribution >= 4 is 58.0 Å². The summed E-state index contributed by atoms with van der Waals surface area (Å²) in [6, 6.07) is 23.1. The summed E-state index contributed by atoms with van der Waals surface area (Å²) in [5.74, 6) is -0.458. The van der Waals surface area contributed by atoms with E-state index in [1.54, 1.807) is 54.6 Å². The van der Waals surface area contributed by atoms with Gasteiger partial charge in [-0.3, -0.25) is 4.55 Å². The zero-order valence-electron chi connectivity index (χ0n) is 37.7. The normalized spacial score (nSPS) is 11.4. The molecule has 0 saturated carbocycles. The number of phenolic OH excluding ortho intramolecular Hbond substituents is 1. The minimum absolute atomic E-state index is 0. The number of aryl methyl sites for hydroxylation is 2. The van der Waals surface area contributed by atoms with E-state index in [9.17, 15) is 36.2 Å². The van der Waals surface area contributed by atoms with E-state index in [1.165, 1.54) is 121 Å². The molecule has 10 nitrogen and oxygen atoms in total. The summed E-state index contributed by atoms with van der Waals surface area (Å²) in [7, 11) is -9.39. The number of para-hydroxylation sites is 2. The minimum Gasteiger partial charge on any atom is -0.869 e. The fraction of sp³-hybridized carbons (Fsp3) is 0.520. The molecule has 0 spiro atoms. The van der Waals surface area contributed by atoms with Gasteiger partial charge in [0.1, 0.15) is 32.3 Å². The van der Waals surface area contributed by atoms with E-state index in [4.69, 9.17) is 9.47 Å². The molecule has 0 fully saturated rings. The minimum atomic E-state index is -4.85. The molecule has 0 aromatic heterocycles. The van der Waals surface area contributed by atoms with Crippen LogP contribution in [-0.2, 0) is 33.1 Å². The smallest absolute Gasteiger partial charge is 0.869 e. The maximum Gasteiger partial charge on any atom is 2.00 e. The zero-order chi connectivity index (χ0) is 45.1. The van der Waals surface area contributed by atoms with E-state index in [0.29, 0.717) is 29.9 Å². The van der Waals surface area contributed by atoms with Gasteiger partial charge in [0.2, 0.25) is 0 Å². The monoisotopic (exact) mass is 934 g/mol. The molecule has 0 radical (unpaired) electrons. The summed E-state index contributed by atoms with van der Waals surface area (Å²) in [5, 5.41) is 23.1.